The summed E-state index contributed by atoms with van der Waals surface area (Å²) in [6, 6.07) is 2.07. The van der Waals surface area contributed by atoms with Crippen molar-refractivity contribution in [2.24, 2.45) is 5.92 Å². The number of unbranched alkanes of at least 4 members (excludes halogenated alkanes) is 1. The van der Waals surface area contributed by atoms with Crippen LogP contribution in [0.5, 0.6) is 0 Å². The molecule has 0 amide bonds. The van der Waals surface area contributed by atoms with Gasteiger partial charge in [0.15, 0.2) is 0 Å². The third-order valence-corrected chi connectivity index (χ3v) is 4.31. The third-order valence-electron chi connectivity index (χ3n) is 4.31. The molecular formula is C17H31N3O. The lowest BCUT2D eigenvalue weighted by Gasteiger charge is -2.40. The fraction of sp³-hybridized carbons (Fsp3) is 0.824. The van der Waals surface area contributed by atoms with Gasteiger partial charge < -0.3 is 4.74 Å². The van der Waals surface area contributed by atoms with Gasteiger partial charge in [-0.3, -0.25) is 9.58 Å². The monoisotopic (exact) mass is 293 g/mol. The maximum atomic E-state index is 6.27. The summed E-state index contributed by atoms with van der Waals surface area (Å²) in [5.74, 6) is 0.587. The summed E-state index contributed by atoms with van der Waals surface area (Å²) in [7, 11) is 0. The van der Waals surface area contributed by atoms with Crippen molar-refractivity contribution in [3.05, 3.63) is 18.0 Å². The minimum absolute atomic E-state index is 0.375. The molecule has 0 aliphatic carbocycles. The van der Waals surface area contributed by atoms with Crippen LogP contribution in [0, 0.1) is 12.8 Å². The number of hydrogen-bond acceptors (Lipinski definition) is 3. The Bertz CT molecular complexity index is 416. The maximum absolute atomic E-state index is 6.27. The van der Waals surface area contributed by atoms with Gasteiger partial charge in [-0.1, -0.05) is 33.6 Å². The molecule has 2 atom stereocenters. The molecule has 0 bridgehead atoms. The first-order valence-electron chi connectivity index (χ1n) is 8.46. The SMILES string of the molecule is CCCC[C@@H]1CN(CCn2ccc(C)n2)C[C@H](C(C)C)O1. The van der Waals surface area contributed by atoms with Crippen LogP contribution in [-0.2, 0) is 11.3 Å². The van der Waals surface area contributed by atoms with E-state index in [0.717, 1.165) is 31.9 Å². The molecule has 2 rings (SSSR count). The van der Waals surface area contributed by atoms with Crippen LogP contribution in [0.2, 0.25) is 0 Å². The highest BCUT2D eigenvalue weighted by Crippen LogP contribution is 2.20. The third kappa shape index (κ3) is 5.11. The van der Waals surface area contributed by atoms with Crippen LogP contribution in [0.25, 0.3) is 0 Å². The number of aromatic nitrogens is 2. The van der Waals surface area contributed by atoms with Crippen molar-refractivity contribution in [2.45, 2.75) is 65.7 Å². The van der Waals surface area contributed by atoms with E-state index < -0.39 is 0 Å². The number of ether oxygens (including phenoxy) is 1. The number of rotatable bonds is 7. The van der Waals surface area contributed by atoms with Crippen LogP contribution in [0.1, 0.15) is 45.7 Å². The van der Waals surface area contributed by atoms with Crippen molar-refractivity contribution in [2.75, 3.05) is 19.6 Å². The average molecular weight is 293 g/mol. The van der Waals surface area contributed by atoms with Crippen LogP contribution in [0.4, 0.5) is 0 Å². The van der Waals surface area contributed by atoms with Gasteiger partial charge in [-0.15, -0.1) is 0 Å². The summed E-state index contributed by atoms with van der Waals surface area (Å²) >= 11 is 0. The van der Waals surface area contributed by atoms with Gasteiger partial charge in [0.2, 0.25) is 0 Å². The molecule has 4 nitrogen and oxygen atoms in total. The highest BCUT2D eigenvalue weighted by Gasteiger charge is 2.28. The molecule has 1 fully saturated rings. The van der Waals surface area contributed by atoms with Gasteiger partial charge in [0.05, 0.1) is 24.4 Å². The van der Waals surface area contributed by atoms with E-state index >= 15 is 0 Å². The first-order chi connectivity index (χ1) is 10.1. The Balaban J connectivity index is 1.87. The lowest BCUT2D eigenvalue weighted by Crippen LogP contribution is -2.50. The molecule has 0 spiro atoms. The average Bonchev–Trinajstić information content (AvgIpc) is 2.88. The minimum atomic E-state index is 0.375. The summed E-state index contributed by atoms with van der Waals surface area (Å²) in [5.41, 5.74) is 1.10. The Morgan fingerprint density at radius 1 is 1.33 bits per heavy atom. The van der Waals surface area contributed by atoms with Crippen LogP contribution in [0.15, 0.2) is 12.3 Å². The molecule has 1 aliphatic rings. The van der Waals surface area contributed by atoms with Crippen LogP contribution in [-0.4, -0.2) is 46.5 Å². The Kier molecular flexibility index (Phi) is 6.24. The standard InChI is InChI=1S/C17H31N3O/c1-5-6-7-16-12-19(13-17(21-16)14(2)3)10-11-20-9-8-15(4)18-20/h8-9,14,16-17H,5-7,10-13H2,1-4H3/t16-,17-/m1/s1. The normalized spacial score (nSPS) is 23.9. The number of aryl methyl sites for hydroxylation is 1. The van der Waals surface area contributed by atoms with Crippen LogP contribution in [0.3, 0.4) is 0 Å². The lowest BCUT2D eigenvalue weighted by atomic mass is 10.0. The summed E-state index contributed by atoms with van der Waals surface area (Å²) in [4.78, 5) is 2.56. The van der Waals surface area contributed by atoms with Gasteiger partial charge in [0.25, 0.3) is 0 Å². The predicted molar refractivity (Wildman–Crippen MR) is 86.4 cm³/mol. The van der Waals surface area contributed by atoms with Crippen molar-refractivity contribution in [1.82, 2.24) is 14.7 Å². The van der Waals surface area contributed by atoms with Crippen molar-refractivity contribution >= 4 is 0 Å². The second kappa shape index (κ2) is 7.95. The topological polar surface area (TPSA) is 30.3 Å². The molecule has 1 aromatic rings. The van der Waals surface area contributed by atoms with E-state index in [0.29, 0.717) is 18.1 Å². The quantitative estimate of drug-likeness (QED) is 0.774. The van der Waals surface area contributed by atoms with E-state index in [4.69, 9.17) is 4.74 Å². The largest absolute Gasteiger partial charge is 0.372 e. The second-order valence-corrected chi connectivity index (χ2v) is 6.66. The number of morpholine rings is 1. The molecule has 1 saturated heterocycles. The Labute approximate surface area is 129 Å². The first-order valence-corrected chi connectivity index (χ1v) is 8.46. The molecule has 0 N–H and O–H groups in total. The fourth-order valence-corrected chi connectivity index (χ4v) is 2.92. The highest BCUT2D eigenvalue weighted by molar-refractivity contribution is 4.94. The first kappa shape index (κ1) is 16.5. The zero-order valence-corrected chi connectivity index (χ0v) is 14.1. The Hall–Kier alpha value is -0.870. The van der Waals surface area contributed by atoms with Crippen LogP contribution < -0.4 is 0 Å². The van der Waals surface area contributed by atoms with Gasteiger partial charge >= 0.3 is 0 Å². The van der Waals surface area contributed by atoms with Gasteiger partial charge in [-0.05, 0) is 25.3 Å². The summed E-state index contributed by atoms with van der Waals surface area (Å²) in [6.07, 6.45) is 6.56. The van der Waals surface area contributed by atoms with E-state index in [1.54, 1.807) is 0 Å². The van der Waals surface area contributed by atoms with E-state index in [1.807, 2.05) is 6.92 Å². The molecule has 0 radical (unpaired) electrons. The van der Waals surface area contributed by atoms with Crippen LogP contribution >= 0.6 is 0 Å². The van der Waals surface area contributed by atoms with Gasteiger partial charge in [0, 0.05) is 25.8 Å². The lowest BCUT2D eigenvalue weighted by molar-refractivity contribution is -0.106. The van der Waals surface area contributed by atoms with Crippen molar-refractivity contribution in [3.8, 4) is 0 Å². The molecule has 1 aromatic heterocycles. The predicted octanol–water partition coefficient (Wildman–Crippen LogP) is 3.11. The summed E-state index contributed by atoms with van der Waals surface area (Å²) in [6.45, 7) is 13.0. The second-order valence-electron chi connectivity index (χ2n) is 6.66. The zero-order chi connectivity index (χ0) is 15.2. The molecule has 1 aliphatic heterocycles. The summed E-state index contributed by atoms with van der Waals surface area (Å²) in [5, 5.41) is 4.48. The molecule has 120 valence electrons. The fourth-order valence-electron chi connectivity index (χ4n) is 2.92. The van der Waals surface area contributed by atoms with E-state index in [1.165, 1.54) is 19.3 Å². The number of nitrogens with zero attached hydrogens (tertiary/aromatic N) is 3. The maximum Gasteiger partial charge on any atom is 0.0729 e. The molecule has 2 heterocycles. The van der Waals surface area contributed by atoms with Crippen molar-refractivity contribution < 1.29 is 4.74 Å². The van der Waals surface area contributed by atoms with E-state index in [-0.39, 0.29) is 0 Å². The molecule has 4 heteroatoms. The molecular weight excluding hydrogens is 262 g/mol. The van der Waals surface area contributed by atoms with E-state index in [9.17, 15) is 0 Å². The highest BCUT2D eigenvalue weighted by atomic mass is 16.5. The zero-order valence-electron chi connectivity index (χ0n) is 14.1. The van der Waals surface area contributed by atoms with Gasteiger partial charge in [-0.25, -0.2) is 0 Å². The van der Waals surface area contributed by atoms with E-state index in [2.05, 4.69) is 47.7 Å². The molecule has 21 heavy (non-hydrogen) atoms. The van der Waals surface area contributed by atoms with Gasteiger partial charge in [-0.2, -0.15) is 5.10 Å². The van der Waals surface area contributed by atoms with Gasteiger partial charge in [0.1, 0.15) is 0 Å². The molecule has 0 unspecified atom stereocenters. The van der Waals surface area contributed by atoms with Crippen molar-refractivity contribution in [3.63, 3.8) is 0 Å². The number of hydrogen-bond donors (Lipinski definition) is 0. The minimum Gasteiger partial charge on any atom is -0.372 e. The smallest absolute Gasteiger partial charge is 0.0729 e. The Morgan fingerprint density at radius 3 is 2.76 bits per heavy atom. The molecule has 0 aromatic carbocycles. The molecule has 0 saturated carbocycles. The Morgan fingerprint density at radius 2 is 2.14 bits per heavy atom. The summed E-state index contributed by atoms with van der Waals surface area (Å²) < 4.78 is 8.32. The van der Waals surface area contributed by atoms with Crippen molar-refractivity contribution in [1.29, 1.82) is 0 Å².